The molecule has 1 rings (SSSR count). The van der Waals surface area contributed by atoms with Crippen molar-refractivity contribution in [2.75, 3.05) is 13.1 Å². The van der Waals surface area contributed by atoms with Crippen molar-refractivity contribution in [2.45, 2.75) is 70.6 Å². The first-order valence-corrected chi connectivity index (χ1v) is 9.13. The van der Waals surface area contributed by atoms with E-state index in [0.29, 0.717) is 0 Å². The number of aryl methyl sites for hydroxylation is 2. The maximum Gasteiger partial charge on any atom is 0.165 e. The van der Waals surface area contributed by atoms with E-state index in [1.165, 1.54) is 66.5 Å². The Morgan fingerprint density at radius 1 is 1.00 bits per heavy atom. The molecule has 0 saturated heterocycles. The van der Waals surface area contributed by atoms with E-state index in [0.717, 1.165) is 0 Å². The molecule has 0 N–H and O–H groups in total. The van der Waals surface area contributed by atoms with Crippen molar-refractivity contribution in [2.24, 2.45) is 0 Å². The highest BCUT2D eigenvalue weighted by Gasteiger charge is 2.11. The SMILES string of the molecule is CCCCCN(CCCCC)Sc1nc(C)c(C)s1. The Morgan fingerprint density at radius 3 is 2.00 bits per heavy atom. The van der Waals surface area contributed by atoms with Crippen molar-refractivity contribution in [3.63, 3.8) is 0 Å². The number of nitrogens with zero attached hydrogens (tertiary/aromatic N) is 2. The van der Waals surface area contributed by atoms with Gasteiger partial charge in [0, 0.05) is 18.0 Å². The minimum atomic E-state index is 1.19. The summed E-state index contributed by atoms with van der Waals surface area (Å²) in [6, 6.07) is 0. The fourth-order valence-electron chi connectivity index (χ4n) is 1.87. The summed E-state index contributed by atoms with van der Waals surface area (Å²) in [6.45, 7) is 11.2. The van der Waals surface area contributed by atoms with Crippen molar-refractivity contribution < 1.29 is 0 Å². The van der Waals surface area contributed by atoms with Gasteiger partial charge >= 0.3 is 0 Å². The van der Waals surface area contributed by atoms with Gasteiger partial charge in [-0.05, 0) is 38.6 Å². The van der Waals surface area contributed by atoms with Crippen LogP contribution < -0.4 is 0 Å². The second-order valence-electron chi connectivity index (χ2n) is 5.06. The molecule has 1 aromatic rings. The molecule has 0 aliphatic rings. The molecule has 0 amide bonds. The lowest BCUT2D eigenvalue weighted by Gasteiger charge is -2.19. The summed E-state index contributed by atoms with van der Waals surface area (Å²) in [6.07, 6.45) is 7.87. The molecule has 0 saturated carbocycles. The first-order chi connectivity index (χ1) is 9.17. The van der Waals surface area contributed by atoms with Crippen LogP contribution in [0.15, 0.2) is 4.34 Å². The minimum absolute atomic E-state index is 1.19. The van der Waals surface area contributed by atoms with Crippen LogP contribution in [0, 0.1) is 13.8 Å². The second kappa shape index (κ2) is 9.78. The Bertz CT molecular complexity index is 320. The highest BCUT2D eigenvalue weighted by molar-refractivity contribution is 7.98. The van der Waals surface area contributed by atoms with Crippen LogP contribution >= 0.6 is 23.3 Å². The molecule has 0 atom stereocenters. The standard InChI is InChI=1S/C15H28N2S2/c1-5-7-9-11-17(12-10-8-6-2)19-15-16-13(3)14(4)18-15/h5-12H2,1-4H3. The van der Waals surface area contributed by atoms with Crippen LogP contribution in [0.4, 0.5) is 0 Å². The van der Waals surface area contributed by atoms with Gasteiger partial charge in [-0.25, -0.2) is 9.29 Å². The zero-order valence-electron chi connectivity index (χ0n) is 12.9. The van der Waals surface area contributed by atoms with Gasteiger partial charge in [0.05, 0.1) is 5.69 Å². The van der Waals surface area contributed by atoms with Crippen molar-refractivity contribution in [1.82, 2.24) is 9.29 Å². The van der Waals surface area contributed by atoms with Gasteiger partial charge in [0.1, 0.15) is 0 Å². The van der Waals surface area contributed by atoms with E-state index < -0.39 is 0 Å². The van der Waals surface area contributed by atoms with Crippen LogP contribution in [0.3, 0.4) is 0 Å². The zero-order chi connectivity index (χ0) is 14.1. The van der Waals surface area contributed by atoms with Crippen LogP contribution in [0.2, 0.25) is 0 Å². The van der Waals surface area contributed by atoms with Gasteiger partial charge < -0.3 is 0 Å². The van der Waals surface area contributed by atoms with Crippen molar-refractivity contribution >= 4 is 23.3 Å². The van der Waals surface area contributed by atoms with Gasteiger partial charge in [-0.1, -0.05) is 39.5 Å². The smallest absolute Gasteiger partial charge is 0.165 e. The molecular formula is C15H28N2S2. The molecule has 1 heterocycles. The summed E-state index contributed by atoms with van der Waals surface area (Å²) in [5.41, 5.74) is 1.19. The third-order valence-corrected chi connectivity index (χ3v) is 5.45. The lowest BCUT2D eigenvalue weighted by atomic mass is 10.2. The summed E-state index contributed by atoms with van der Waals surface area (Å²) in [5, 5.41) is 0. The highest BCUT2D eigenvalue weighted by atomic mass is 32.2. The van der Waals surface area contributed by atoms with Crippen LogP contribution in [0.25, 0.3) is 0 Å². The third kappa shape index (κ3) is 6.77. The molecule has 2 nitrogen and oxygen atoms in total. The third-order valence-electron chi connectivity index (χ3n) is 3.24. The van der Waals surface area contributed by atoms with Gasteiger partial charge in [-0.2, -0.15) is 0 Å². The van der Waals surface area contributed by atoms with Gasteiger partial charge in [0.2, 0.25) is 0 Å². The van der Waals surface area contributed by atoms with Crippen LogP contribution in [0.1, 0.15) is 62.9 Å². The number of thiazole rings is 1. The summed E-state index contributed by atoms with van der Waals surface area (Å²) < 4.78 is 3.73. The molecule has 0 spiro atoms. The van der Waals surface area contributed by atoms with Gasteiger partial charge in [-0.15, -0.1) is 11.3 Å². The lowest BCUT2D eigenvalue weighted by Crippen LogP contribution is -2.18. The molecule has 0 bridgehead atoms. The average Bonchev–Trinajstić information content (AvgIpc) is 2.68. The maximum atomic E-state index is 4.65. The number of hydrogen-bond donors (Lipinski definition) is 0. The second-order valence-corrected chi connectivity index (χ2v) is 7.60. The Morgan fingerprint density at radius 2 is 1.58 bits per heavy atom. The molecule has 0 radical (unpaired) electrons. The first-order valence-electron chi connectivity index (χ1n) is 7.54. The van der Waals surface area contributed by atoms with E-state index in [1.807, 2.05) is 23.3 Å². The highest BCUT2D eigenvalue weighted by Crippen LogP contribution is 2.29. The van der Waals surface area contributed by atoms with E-state index >= 15 is 0 Å². The minimum Gasteiger partial charge on any atom is -0.244 e. The van der Waals surface area contributed by atoms with Crippen molar-refractivity contribution in [3.05, 3.63) is 10.6 Å². The molecular weight excluding hydrogens is 272 g/mol. The Labute approximate surface area is 127 Å². The van der Waals surface area contributed by atoms with Gasteiger partial charge in [0.15, 0.2) is 4.34 Å². The number of hydrogen-bond acceptors (Lipinski definition) is 4. The summed E-state index contributed by atoms with van der Waals surface area (Å²) in [7, 11) is 0. The topological polar surface area (TPSA) is 16.1 Å². The molecule has 4 heteroatoms. The Balaban J connectivity index is 2.46. The molecule has 0 unspecified atom stereocenters. The van der Waals surface area contributed by atoms with Gasteiger partial charge in [-0.3, -0.25) is 0 Å². The summed E-state index contributed by atoms with van der Waals surface area (Å²) in [5.74, 6) is 0. The Hall–Kier alpha value is -0.0600. The maximum absolute atomic E-state index is 4.65. The molecule has 0 aliphatic carbocycles. The Kier molecular flexibility index (Phi) is 8.75. The number of unbranched alkanes of at least 4 members (excludes halogenated alkanes) is 4. The van der Waals surface area contributed by atoms with Crippen LogP contribution in [-0.4, -0.2) is 22.4 Å². The number of aromatic nitrogens is 1. The monoisotopic (exact) mass is 300 g/mol. The molecule has 19 heavy (non-hydrogen) atoms. The van der Waals surface area contributed by atoms with E-state index in [9.17, 15) is 0 Å². The predicted octanol–water partition coefficient (Wildman–Crippen LogP) is 5.45. The van der Waals surface area contributed by atoms with E-state index in [2.05, 4.69) is 37.0 Å². The normalized spacial score (nSPS) is 11.4. The average molecular weight is 301 g/mol. The quantitative estimate of drug-likeness (QED) is 0.422. The fraction of sp³-hybridized carbons (Fsp3) is 0.800. The van der Waals surface area contributed by atoms with Gasteiger partial charge in [0.25, 0.3) is 0 Å². The molecule has 0 aromatic carbocycles. The number of rotatable bonds is 10. The fourth-order valence-corrected chi connectivity index (χ4v) is 4.19. The molecule has 1 aromatic heterocycles. The molecule has 0 fully saturated rings. The molecule has 110 valence electrons. The van der Waals surface area contributed by atoms with E-state index in [-0.39, 0.29) is 0 Å². The summed E-state index contributed by atoms with van der Waals surface area (Å²) in [4.78, 5) is 6.00. The lowest BCUT2D eigenvalue weighted by molar-refractivity contribution is 0.433. The van der Waals surface area contributed by atoms with E-state index in [4.69, 9.17) is 0 Å². The van der Waals surface area contributed by atoms with Crippen LogP contribution in [0.5, 0.6) is 0 Å². The zero-order valence-corrected chi connectivity index (χ0v) is 14.5. The first kappa shape index (κ1) is 17.0. The van der Waals surface area contributed by atoms with Crippen molar-refractivity contribution in [1.29, 1.82) is 0 Å². The van der Waals surface area contributed by atoms with E-state index in [1.54, 1.807) is 0 Å². The predicted molar refractivity (Wildman–Crippen MR) is 88.1 cm³/mol. The largest absolute Gasteiger partial charge is 0.244 e. The van der Waals surface area contributed by atoms with Crippen molar-refractivity contribution in [3.8, 4) is 0 Å². The molecule has 0 aliphatic heterocycles. The summed E-state index contributed by atoms with van der Waals surface area (Å²) >= 11 is 3.70. The van der Waals surface area contributed by atoms with Crippen LogP contribution in [-0.2, 0) is 0 Å².